The molecule has 4 heteroatoms. The second-order valence-electron chi connectivity index (χ2n) is 5.34. The summed E-state index contributed by atoms with van der Waals surface area (Å²) in [5, 5.41) is 3.43. The van der Waals surface area contributed by atoms with Gasteiger partial charge in [0.05, 0.1) is 17.3 Å². The van der Waals surface area contributed by atoms with E-state index in [-0.39, 0.29) is 5.91 Å². The highest BCUT2D eigenvalue weighted by Crippen LogP contribution is 2.31. The Morgan fingerprint density at radius 1 is 1.24 bits per heavy atom. The number of para-hydroxylation sites is 2. The fourth-order valence-electron chi connectivity index (χ4n) is 2.78. The molecule has 0 spiro atoms. The first-order chi connectivity index (χ1) is 10.1. The van der Waals surface area contributed by atoms with Crippen LogP contribution < -0.4 is 10.2 Å². The molecule has 1 N–H and O–H groups in total. The van der Waals surface area contributed by atoms with Gasteiger partial charge in [0, 0.05) is 11.7 Å². The lowest BCUT2D eigenvalue weighted by Gasteiger charge is -2.24. The molecule has 0 saturated carbocycles. The number of fused-ring (bicyclic) bond motifs is 1. The molecule has 0 aliphatic carbocycles. The zero-order chi connectivity index (χ0) is 14.8. The topological polar surface area (TPSA) is 32.3 Å². The van der Waals surface area contributed by atoms with Crippen molar-refractivity contribution in [2.45, 2.75) is 19.4 Å². The van der Waals surface area contributed by atoms with Gasteiger partial charge in [0.1, 0.15) is 0 Å². The number of amides is 1. The lowest BCUT2D eigenvalue weighted by Crippen LogP contribution is -2.37. The number of hydrogen-bond acceptors (Lipinski definition) is 2. The molecule has 1 aliphatic heterocycles. The Morgan fingerprint density at radius 3 is 2.76 bits per heavy atom. The van der Waals surface area contributed by atoms with Crippen molar-refractivity contribution < 1.29 is 4.79 Å². The molecule has 0 unspecified atom stereocenters. The molecule has 1 heterocycles. The average Bonchev–Trinajstić information content (AvgIpc) is 2.78. The maximum atomic E-state index is 12.3. The molecular formula is C17H17ClN2O. The fourth-order valence-corrected chi connectivity index (χ4v) is 2.96. The van der Waals surface area contributed by atoms with Gasteiger partial charge < -0.3 is 10.2 Å². The largest absolute Gasteiger partial charge is 0.359 e. The van der Waals surface area contributed by atoms with E-state index in [4.69, 9.17) is 11.6 Å². The second-order valence-corrected chi connectivity index (χ2v) is 5.74. The SMILES string of the molecule is C[C@@H]1Cc2ccccc2N1CC(=O)Nc1ccccc1Cl. The highest BCUT2D eigenvalue weighted by molar-refractivity contribution is 6.33. The fraction of sp³-hybridized carbons (Fsp3) is 0.235. The number of hydrogen-bond donors (Lipinski definition) is 1. The van der Waals surface area contributed by atoms with E-state index in [1.54, 1.807) is 6.07 Å². The number of rotatable bonds is 3. The lowest BCUT2D eigenvalue weighted by atomic mass is 10.1. The van der Waals surface area contributed by atoms with Crippen molar-refractivity contribution in [1.29, 1.82) is 0 Å². The van der Waals surface area contributed by atoms with Crippen molar-refractivity contribution >= 4 is 28.9 Å². The van der Waals surface area contributed by atoms with Crippen LogP contribution in [-0.4, -0.2) is 18.5 Å². The first-order valence-corrected chi connectivity index (χ1v) is 7.42. The van der Waals surface area contributed by atoms with Gasteiger partial charge in [0.2, 0.25) is 5.91 Å². The third-order valence-electron chi connectivity index (χ3n) is 3.81. The van der Waals surface area contributed by atoms with Crippen LogP contribution in [0.1, 0.15) is 12.5 Å². The first kappa shape index (κ1) is 14.0. The van der Waals surface area contributed by atoms with Crippen LogP contribution in [-0.2, 0) is 11.2 Å². The summed E-state index contributed by atoms with van der Waals surface area (Å²) in [4.78, 5) is 14.4. The van der Waals surface area contributed by atoms with Gasteiger partial charge >= 0.3 is 0 Å². The van der Waals surface area contributed by atoms with E-state index in [9.17, 15) is 4.79 Å². The molecular weight excluding hydrogens is 284 g/mol. The molecule has 21 heavy (non-hydrogen) atoms. The van der Waals surface area contributed by atoms with E-state index < -0.39 is 0 Å². The van der Waals surface area contributed by atoms with Crippen molar-refractivity contribution in [2.24, 2.45) is 0 Å². The lowest BCUT2D eigenvalue weighted by molar-refractivity contribution is -0.115. The zero-order valence-electron chi connectivity index (χ0n) is 11.8. The Balaban J connectivity index is 1.72. The predicted octanol–water partition coefficient (Wildman–Crippen LogP) is 3.73. The summed E-state index contributed by atoms with van der Waals surface area (Å²) in [7, 11) is 0. The standard InChI is InChI=1S/C17H17ClN2O/c1-12-10-13-6-2-5-9-16(13)20(12)11-17(21)19-15-8-4-3-7-14(15)18/h2-9,12H,10-11H2,1H3,(H,19,21)/t12-/m1/s1. The maximum Gasteiger partial charge on any atom is 0.243 e. The van der Waals surface area contributed by atoms with Crippen molar-refractivity contribution in [1.82, 2.24) is 0 Å². The van der Waals surface area contributed by atoms with Crippen molar-refractivity contribution in [3.8, 4) is 0 Å². The normalized spacial score (nSPS) is 16.7. The smallest absolute Gasteiger partial charge is 0.243 e. The van der Waals surface area contributed by atoms with E-state index in [1.165, 1.54) is 5.56 Å². The predicted molar refractivity (Wildman–Crippen MR) is 87.0 cm³/mol. The third-order valence-corrected chi connectivity index (χ3v) is 4.14. The van der Waals surface area contributed by atoms with Crippen molar-refractivity contribution in [3.63, 3.8) is 0 Å². The molecule has 1 atom stereocenters. The summed E-state index contributed by atoms with van der Waals surface area (Å²) in [5.41, 5.74) is 3.11. The number of nitrogens with zero attached hydrogens (tertiary/aromatic N) is 1. The van der Waals surface area contributed by atoms with Gasteiger partial charge in [-0.25, -0.2) is 0 Å². The van der Waals surface area contributed by atoms with Crippen LogP contribution in [0.15, 0.2) is 48.5 Å². The van der Waals surface area contributed by atoms with E-state index in [1.807, 2.05) is 30.3 Å². The summed E-state index contributed by atoms with van der Waals surface area (Å²) in [6.07, 6.45) is 0.982. The molecule has 108 valence electrons. The van der Waals surface area contributed by atoms with Crippen molar-refractivity contribution in [2.75, 3.05) is 16.8 Å². The molecule has 0 radical (unpaired) electrons. The molecule has 0 bridgehead atoms. The molecule has 3 nitrogen and oxygen atoms in total. The summed E-state index contributed by atoms with van der Waals surface area (Å²) in [6.45, 7) is 2.48. The van der Waals surface area contributed by atoms with Crippen LogP contribution in [0, 0.1) is 0 Å². The van der Waals surface area contributed by atoms with Crippen LogP contribution >= 0.6 is 11.6 Å². The van der Waals surface area contributed by atoms with E-state index in [0.29, 0.717) is 23.3 Å². The van der Waals surface area contributed by atoms with Crippen LogP contribution in [0.4, 0.5) is 11.4 Å². The Labute approximate surface area is 129 Å². The quantitative estimate of drug-likeness (QED) is 0.937. The number of benzene rings is 2. The Kier molecular flexibility index (Phi) is 3.84. The molecule has 0 fully saturated rings. The number of carbonyl (C=O) groups is 1. The van der Waals surface area contributed by atoms with Gasteiger partial charge in [0.25, 0.3) is 0 Å². The summed E-state index contributed by atoms with van der Waals surface area (Å²) < 4.78 is 0. The summed E-state index contributed by atoms with van der Waals surface area (Å²) >= 11 is 6.07. The average molecular weight is 301 g/mol. The highest BCUT2D eigenvalue weighted by atomic mass is 35.5. The molecule has 2 aromatic carbocycles. The van der Waals surface area contributed by atoms with E-state index in [0.717, 1.165) is 12.1 Å². The van der Waals surface area contributed by atoms with Crippen LogP contribution in [0.25, 0.3) is 0 Å². The van der Waals surface area contributed by atoms with Gasteiger partial charge in [0.15, 0.2) is 0 Å². The number of nitrogens with one attached hydrogen (secondary N) is 1. The summed E-state index contributed by atoms with van der Waals surface area (Å²) in [6, 6.07) is 15.9. The second kappa shape index (κ2) is 5.78. The van der Waals surface area contributed by atoms with Gasteiger partial charge in [-0.3, -0.25) is 4.79 Å². The molecule has 1 amide bonds. The minimum absolute atomic E-state index is 0.0494. The third kappa shape index (κ3) is 2.88. The van der Waals surface area contributed by atoms with Gasteiger partial charge in [-0.2, -0.15) is 0 Å². The van der Waals surface area contributed by atoms with Crippen LogP contribution in [0.3, 0.4) is 0 Å². The summed E-state index contributed by atoms with van der Waals surface area (Å²) in [5.74, 6) is -0.0494. The van der Waals surface area contributed by atoms with Gasteiger partial charge in [-0.1, -0.05) is 41.9 Å². The molecule has 1 aliphatic rings. The minimum Gasteiger partial charge on any atom is -0.359 e. The van der Waals surface area contributed by atoms with Crippen molar-refractivity contribution in [3.05, 3.63) is 59.1 Å². The zero-order valence-corrected chi connectivity index (χ0v) is 12.6. The van der Waals surface area contributed by atoms with E-state index >= 15 is 0 Å². The van der Waals surface area contributed by atoms with Crippen LogP contribution in [0.5, 0.6) is 0 Å². The molecule has 3 rings (SSSR count). The van der Waals surface area contributed by atoms with Gasteiger partial charge in [-0.05, 0) is 37.1 Å². The number of anilines is 2. The molecule has 0 aromatic heterocycles. The Hall–Kier alpha value is -2.00. The monoisotopic (exact) mass is 300 g/mol. The first-order valence-electron chi connectivity index (χ1n) is 7.04. The minimum atomic E-state index is -0.0494. The van der Waals surface area contributed by atoms with E-state index in [2.05, 4.69) is 29.3 Å². The maximum absolute atomic E-state index is 12.3. The Bertz CT molecular complexity index is 671. The Morgan fingerprint density at radius 2 is 1.95 bits per heavy atom. The van der Waals surface area contributed by atoms with Gasteiger partial charge in [-0.15, -0.1) is 0 Å². The highest BCUT2D eigenvalue weighted by Gasteiger charge is 2.27. The van der Waals surface area contributed by atoms with Crippen LogP contribution in [0.2, 0.25) is 5.02 Å². The number of carbonyl (C=O) groups excluding carboxylic acids is 1. The number of halogens is 1. The molecule has 0 saturated heterocycles. The molecule has 2 aromatic rings.